The normalized spacial score (nSPS) is 13.6. The first-order valence-electron chi connectivity index (χ1n) is 8.19. The zero-order valence-electron chi connectivity index (χ0n) is 14.7. The summed E-state index contributed by atoms with van der Waals surface area (Å²) in [7, 11) is -3.16. The van der Waals surface area contributed by atoms with Gasteiger partial charge in [-0.1, -0.05) is 12.1 Å². The van der Waals surface area contributed by atoms with Crippen LogP contribution in [0.1, 0.15) is 18.1 Å². The average molecular weight is 482 g/mol. The molecule has 0 saturated heterocycles. The molecule has 0 unspecified atom stereocenters. The lowest BCUT2D eigenvalue weighted by Crippen LogP contribution is -2.39. The molecule has 1 aliphatic rings. The van der Waals surface area contributed by atoms with Gasteiger partial charge in [-0.2, -0.15) is 0 Å². The van der Waals surface area contributed by atoms with Gasteiger partial charge in [0.25, 0.3) is 0 Å². The predicted octanol–water partition coefficient (Wildman–Crippen LogP) is 0.886. The number of aliphatic imine (C=N–C) groups is 1. The van der Waals surface area contributed by atoms with Crippen molar-refractivity contribution >= 4 is 40.0 Å². The molecule has 1 aromatic rings. The second-order valence-corrected chi connectivity index (χ2v) is 7.48. The summed E-state index contributed by atoms with van der Waals surface area (Å²) in [6.07, 6.45) is 3.01. The molecule has 0 saturated carbocycles. The number of ether oxygens (including phenoxy) is 1. The Morgan fingerprint density at radius 1 is 1.28 bits per heavy atom. The molecule has 2 rings (SSSR count). The summed E-state index contributed by atoms with van der Waals surface area (Å²) in [5.74, 6) is 1.69. The summed E-state index contributed by atoms with van der Waals surface area (Å²) in [5.41, 5.74) is 2.54. The van der Waals surface area contributed by atoms with Gasteiger partial charge in [-0.05, 0) is 30.5 Å². The van der Waals surface area contributed by atoms with E-state index in [4.69, 9.17) is 4.74 Å². The van der Waals surface area contributed by atoms with Crippen LogP contribution in [-0.2, 0) is 22.9 Å². The Balaban J connectivity index is 0.00000312. The Morgan fingerprint density at radius 2 is 2.08 bits per heavy atom. The summed E-state index contributed by atoms with van der Waals surface area (Å²) in [5, 5.41) is 6.41. The zero-order chi connectivity index (χ0) is 17.4. The van der Waals surface area contributed by atoms with Crippen LogP contribution in [0.5, 0.6) is 5.75 Å². The number of sulfonamides is 1. The van der Waals surface area contributed by atoms with Crippen LogP contribution < -0.4 is 20.1 Å². The molecule has 1 aromatic carbocycles. The fourth-order valence-corrected chi connectivity index (χ4v) is 2.92. The number of halogens is 1. The van der Waals surface area contributed by atoms with Crippen LogP contribution in [-0.4, -0.2) is 53.4 Å². The number of hydrogen-bond donors (Lipinski definition) is 3. The summed E-state index contributed by atoms with van der Waals surface area (Å²) in [6, 6.07) is 6.32. The van der Waals surface area contributed by atoms with Crippen LogP contribution >= 0.6 is 24.0 Å². The van der Waals surface area contributed by atoms with Gasteiger partial charge in [0.05, 0.1) is 19.4 Å². The van der Waals surface area contributed by atoms with E-state index >= 15 is 0 Å². The molecule has 1 aliphatic heterocycles. The van der Waals surface area contributed by atoms with Crippen molar-refractivity contribution in [1.82, 2.24) is 15.4 Å². The molecular weight excluding hydrogens is 455 g/mol. The number of nitrogens with one attached hydrogen (secondary N) is 3. The third-order valence-electron chi connectivity index (χ3n) is 3.55. The summed E-state index contributed by atoms with van der Waals surface area (Å²) in [4.78, 5) is 4.35. The van der Waals surface area contributed by atoms with Gasteiger partial charge < -0.3 is 15.4 Å². The molecule has 3 N–H and O–H groups in total. The molecule has 9 heteroatoms. The molecule has 1 heterocycles. The van der Waals surface area contributed by atoms with Crippen molar-refractivity contribution in [2.24, 2.45) is 4.99 Å². The quantitative estimate of drug-likeness (QED) is 0.222. The highest BCUT2D eigenvalue weighted by molar-refractivity contribution is 14.0. The Bertz CT molecular complexity index is 680. The number of guanidine groups is 1. The van der Waals surface area contributed by atoms with Gasteiger partial charge in [0, 0.05) is 26.1 Å². The van der Waals surface area contributed by atoms with Crippen LogP contribution in [0, 0.1) is 0 Å². The van der Waals surface area contributed by atoms with Crippen molar-refractivity contribution < 1.29 is 13.2 Å². The summed E-state index contributed by atoms with van der Waals surface area (Å²) >= 11 is 0. The minimum Gasteiger partial charge on any atom is -0.493 e. The zero-order valence-corrected chi connectivity index (χ0v) is 17.8. The lowest BCUT2D eigenvalue weighted by atomic mass is 10.1. The first kappa shape index (κ1) is 22.0. The lowest BCUT2D eigenvalue weighted by Gasteiger charge is -2.11. The van der Waals surface area contributed by atoms with Crippen LogP contribution in [0.15, 0.2) is 23.2 Å². The number of hydrogen-bond acceptors (Lipinski definition) is 4. The van der Waals surface area contributed by atoms with Crippen LogP contribution in [0.2, 0.25) is 0 Å². The van der Waals surface area contributed by atoms with Gasteiger partial charge in [0.15, 0.2) is 5.96 Å². The molecular formula is C16H27IN4O3S. The Hall–Kier alpha value is -1.07. The number of benzene rings is 1. The van der Waals surface area contributed by atoms with Gasteiger partial charge in [-0.25, -0.2) is 13.1 Å². The fraction of sp³-hybridized carbons (Fsp3) is 0.562. The van der Waals surface area contributed by atoms with Gasteiger partial charge in [0.2, 0.25) is 10.0 Å². The molecule has 0 bridgehead atoms. The van der Waals surface area contributed by atoms with Gasteiger partial charge >= 0.3 is 0 Å². The SMILES string of the molecule is CCNC(=NCCNS(C)(=O)=O)NCCc1ccc2c(c1)CCO2.I. The van der Waals surface area contributed by atoms with E-state index in [1.54, 1.807) is 0 Å². The number of rotatable bonds is 8. The molecule has 0 atom stereocenters. The number of nitrogens with zero attached hydrogens (tertiary/aromatic N) is 1. The van der Waals surface area contributed by atoms with E-state index in [-0.39, 0.29) is 24.0 Å². The standard InChI is InChI=1S/C16H26N4O3S.HI/c1-3-17-16(19-9-10-20-24(2,21)22)18-8-6-13-4-5-15-14(12-13)7-11-23-15;/h4-5,12,20H,3,6-11H2,1-2H3,(H2,17,18,19);1H. The van der Waals surface area contributed by atoms with Gasteiger partial charge in [-0.3, -0.25) is 4.99 Å². The Labute approximate surface area is 167 Å². The lowest BCUT2D eigenvalue weighted by molar-refractivity contribution is 0.357. The molecule has 7 nitrogen and oxygen atoms in total. The average Bonchev–Trinajstić information content (AvgIpc) is 2.98. The maximum Gasteiger partial charge on any atom is 0.208 e. The molecule has 25 heavy (non-hydrogen) atoms. The first-order valence-corrected chi connectivity index (χ1v) is 10.1. The van der Waals surface area contributed by atoms with E-state index < -0.39 is 10.0 Å². The number of fused-ring (bicyclic) bond motifs is 1. The van der Waals surface area contributed by atoms with Gasteiger partial charge in [-0.15, -0.1) is 24.0 Å². The second-order valence-electron chi connectivity index (χ2n) is 5.64. The highest BCUT2D eigenvalue weighted by atomic mass is 127. The maximum absolute atomic E-state index is 11.0. The molecule has 0 spiro atoms. The Kier molecular flexibility index (Phi) is 9.51. The van der Waals surface area contributed by atoms with Crippen molar-refractivity contribution in [1.29, 1.82) is 0 Å². The predicted molar refractivity (Wildman–Crippen MR) is 112 cm³/mol. The molecule has 0 radical (unpaired) electrons. The van der Waals surface area contributed by atoms with Crippen molar-refractivity contribution in [2.45, 2.75) is 19.8 Å². The van der Waals surface area contributed by atoms with Crippen molar-refractivity contribution in [3.8, 4) is 5.75 Å². The molecule has 0 amide bonds. The third kappa shape index (κ3) is 8.23. The second kappa shape index (κ2) is 10.8. The highest BCUT2D eigenvalue weighted by Crippen LogP contribution is 2.25. The van der Waals surface area contributed by atoms with E-state index in [0.717, 1.165) is 44.5 Å². The third-order valence-corrected chi connectivity index (χ3v) is 4.28. The van der Waals surface area contributed by atoms with Crippen LogP contribution in [0.25, 0.3) is 0 Å². The van der Waals surface area contributed by atoms with Crippen molar-refractivity contribution in [3.05, 3.63) is 29.3 Å². The highest BCUT2D eigenvalue weighted by Gasteiger charge is 2.11. The van der Waals surface area contributed by atoms with E-state index in [1.807, 2.05) is 13.0 Å². The minimum atomic E-state index is -3.16. The largest absolute Gasteiger partial charge is 0.493 e. The molecule has 0 fully saturated rings. The van der Waals surface area contributed by atoms with Crippen molar-refractivity contribution in [2.75, 3.05) is 39.0 Å². The monoisotopic (exact) mass is 482 g/mol. The van der Waals surface area contributed by atoms with Gasteiger partial charge in [0.1, 0.15) is 5.75 Å². The van der Waals surface area contributed by atoms with Crippen LogP contribution in [0.4, 0.5) is 0 Å². The molecule has 0 aliphatic carbocycles. The summed E-state index contributed by atoms with van der Waals surface area (Å²) < 4.78 is 30.0. The Morgan fingerprint density at radius 3 is 2.80 bits per heavy atom. The maximum atomic E-state index is 11.0. The minimum absolute atomic E-state index is 0. The van der Waals surface area contributed by atoms with E-state index in [1.165, 1.54) is 11.1 Å². The molecule has 142 valence electrons. The van der Waals surface area contributed by atoms with E-state index in [9.17, 15) is 8.42 Å². The first-order chi connectivity index (χ1) is 11.5. The smallest absolute Gasteiger partial charge is 0.208 e. The molecule has 0 aromatic heterocycles. The van der Waals surface area contributed by atoms with Crippen molar-refractivity contribution in [3.63, 3.8) is 0 Å². The van der Waals surface area contributed by atoms with E-state index in [0.29, 0.717) is 19.0 Å². The topological polar surface area (TPSA) is 91.8 Å². The van der Waals surface area contributed by atoms with E-state index in [2.05, 4.69) is 32.5 Å². The van der Waals surface area contributed by atoms with Crippen LogP contribution in [0.3, 0.4) is 0 Å². The fourth-order valence-electron chi connectivity index (χ4n) is 2.46. The summed E-state index contributed by atoms with van der Waals surface area (Å²) in [6.45, 7) is 4.95.